The van der Waals surface area contributed by atoms with Gasteiger partial charge in [-0.15, -0.1) is 0 Å². The highest BCUT2D eigenvalue weighted by Gasteiger charge is 2.23. The van der Waals surface area contributed by atoms with Gasteiger partial charge in [-0.2, -0.15) is 0 Å². The monoisotopic (exact) mass is 401 g/mol. The quantitative estimate of drug-likeness (QED) is 0.492. The molecule has 27 heavy (non-hydrogen) atoms. The molecule has 2 heterocycles. The number of carbonyl (C=O) groups is 1. The Kier molecular flexibility index (Phi) is 5.84. The van der Waals surface area contributed by atoms with Crippen LogP contribution in [0.3, 0.4) is 0 Å². The van der Waals surface area contributed by atoms with Crippen LogP contribution in [-0.4, -0.2) is 27.9 Å². The third kappa shape index (κ3) is 3.85. The fourth-order valence-corrected chi connectivity index (χ4v) is 3.29. The molecule has 0 aliphatic carbocycles. The molecule has 140 valence electrons. The minimum atomic E-state index is -0.0755. The first-order chi connectivity index (χ1) is 13.0. The van der Waals surface area contributed by atoms with Crippen molar-refractivity contribution in [2.45, 2.75) is 24.8 Å². The Hall–Kier alpha value is -2.35. The molecular weight excluding hydrogens is 382 g/mol. The van der Waals surface area contributed by atoms with Gasteiger partial charge in [0.05, 0.1) is 11.7 Å². The van der Waals surface area contributed by atoms with Crippen LogP contribution in [0, 0.1) is 6.92 Å². The molecular formula is C19H20ClN5OS. The maximum Gasteiger partial charge on any atom is 0.170 e. The number of rotatable bonds is 6. The molecule has 0 saturated heterocycles. The van der Waals surface area contributed by atoms with Gasteiger partial charge >= 0.3 is 0 Å². The van der Waals surface area contributed by atoms with E-state index < -0.39 is 0 Å². The molecule has 8 heteroatoms. The highest BCUT2D eigenvalue weighted by atomic mass is 35.5. The van der Waals surface area contributed by atoms with Crippen molar-refractivity contribution >= 4 is 35.7 Å². The average molecular weight is 402 g/mol. The van der Waals surface area contributed by atoms with E-state index >= 15 is 0 Å². The van der Waals surface area contributed by atoms with Crippen molar-refractivity contribution in [2.24, 2.45) is 5.14 Å². The van der Waals surface area contributed by atoms with E-state index in [9.17, 15) is 4.79 Å². The molecule has 0 spiro atoms. The van der Waals surface area contributed by atoms with E-state index in [1.165, 1.54) is 0 Å². The van der Waals surface area contributed by atoms with Crippen molar-refractivity contribution in [3.05, 3.63) is 64.8 Å². The number of benzene rings is 1. The smallest absolute Gasteiger partial charge is 0.170 e. The van der Waals surface area contributed by atoms with Crippen LogP contribution < -0.4 is 10.0 Å². The topological polar surface area (TPSA) is 77.0 Å². The van der Waals surface area contributed by atoms with Crippen molar-refractivity contribution in [3.8, 4) is 5.69 Å². The summed E-state index contributed by atoms with van der Waals surface area (Å²) >= 11 is 7.14. The van der Waals surface area contributed by atoms with Crippen LogP contribution in [0.15, 0.2) is 47.5 Å². The van der Waals surface area contributed by atoms with E-state index in [-0.39, 0.29) is 6.04 Å². The zero-order valence-corrected chi connectivity index (χ0v) is 16.8. The second-order valence-corrected chi connectivity index (χ2v) is 7.26. The van der Waals surface area contributed by atoms with Crippen molar-refractivity contribution in [3.63, 3.8) is 0 Å². The van der Waals surface area contributed by atoms with Crippen molar-refractivity contribution < 1.29 is 4.79 Å². The Bertz CT molecular complexity index is 940. The maximum atomic E-state index is 11.9. The number of nitrogens with zero attached hydrogens (tertiary/aromatic N) is 4. The third-order valence-electron chi connectivity index (χ3n) is 4.50. The number of nitrogens with two attached hydrogens (primary N) is 1. The van der Waals surface area contributed by atoms with E-state index in [1.807, 2.05) is 54.6 Å². The Labute approximate surface area is 167 Å². The molecule has 2 aromatic heterocycles. The lowest BCUT2D eigenvalue weighted by molar-refractivity contribution is 0.111. The van der Waals surface area contributed by atoms with Crippen LogP contribution >= 0.6 is 23.5 Å². The lowest BCUT2D eigenvalue weighted by Crippen LogP contribution is -2.24. The number of hydrogen-bond donors (Lipinski definition) is 1. The van der Waals surface area contributed by atoms with Crippen molar-refractivity contribution in [1.82, 2.24) is 14.5 Å². The van der Waals surface area contributed by atoms with Gasteiger partial charge in [0.1, 0.15) is 11.5 Å². The minimum absolute atomic E-state index is 0.0755. The summed E-state index contributed by atoms with van der Waals surface area (Å²) in [4.78, 5) is 23.8. The predicted molar refractivity (Wildman–Crippen MR) is 110 cm³/mol. The zero-order valence-electron chi connectivity index (χ0n) is 15.3. The number of carbonyl (C=O) groups excluding carboxylic acids is 1. The molecule has 1 aromatic carbocycles. The van der Waals surface area contributed by atoms with Gasteiger partial charge in [-0.25, -0.2) is 4.98 Å². The maximum absolute atomic E-state index is 11.9. The van der Waals surface area contributed by atoms with Crippen LogP contribution in [-0.2, 0) is 0 Å². The first-order valence-corrected chi connectivity index (χ1v) is 9.58. The van der Waals surface area contributed by atoms with Gasteiger partial charge in [-0.3, -0.25) is 19.5 Å². The number of aldehydes is 1. The van der Waals surface area contributed by atoms with Gasteiger partial charge in [0, 0.05) is 28.9 Å². The van der Waals surface area contributed by atoms with E-state index in [0.717, 1.165) is 40.3 Å². The fourth-order valence-electron chi connectivity index (χ4n) is 2.91. The Morgan fingerprint density at radius 1 is 1.26 bits per heavy atom. The van der Waals surface area contributed by atoms with Crippen molar-refractivity contribution in [1.29, 1.82) is 0 Å². The van der Waals surface area contributed by atoms with Gasteiger partial charge in [0.25, 0.3) is 0 Å². The SMILES string of the molecule is Cc1nc(N(C)C(C)c2ccc(SN)cn2)c(C=O)n1-c1ccc(Cl)cc1. The largest absolute Gasteiger partial charge is 0.349 e. The molecule has 6 nitrogen and oxygen atoms in total. The summed E-state index contributed by atoms with van der Waals surface area (Å²) in [6.07, 6.45) is 2.57. The number of anilines is 1. The summed E-state index contributed by atoms with van der Waals surface area (Å²) < 4.78 is 1.82. The Morgan fingerprint density at radius 2 is 1.96 bits per heavy atom. The average Bonchev–Trinajstić information content (AvgIpc) is 3.03. The third-order valence-corrected chi connectivity index (χ3v) is 5.26. The lowest BCUT2D eigenvalue weighted by Gasteiger charge is -2.25. The van der Waals surface area contributed by atoms with Crippen LogP contribution in [0.25, 0.3) is 5.69 Å². The van der Waals surface area contributed by atoms with Crippen LogP contribution in [0.1, 0.15) is 35.0 Å². The van der Waals surface area contributed by atoms with Crippen LogP contribution in [0.4, 0.5) is 5.82 Å². The molecule has 0 bridgehead atoms. The molecule has 0 radical (unpaired) electrons. The van der Waals surface area contributed by atoms with Gasteiger partial charge in [0.15, 0.2) is 12.1 Å². The minimum Gasteiger partial charge on any atom is -0.349 e. The summed E-state index contributed by atoms with van der Waals surface area (Å²) in [7, 11) is 1.90. The van der Waals surface area contributed by atoms with Crippen LogP contribution in [0.2, 0.25) is 5.02 Å². The number of halogens is 1. The molecule has 1 unspecified atom stereocenters. The normalized spacial score (nSPS) is 12.0. The molecule has 3 aromatic rings. The molecule has 3 rings (SSSR count). The number of hydrogen-bond acceptors (Lipinski definition) is 6. The number of aryl methyl sites for hydroxylation is 1. The van der Waals surface area contributed by atoms with E-state index in [1.54, 1.807) is 18.3 Å². The molecule has 0 saturated carbocycles. The molecule has 0 amide bonds. The molecule has 0 fully saturated rings. The van der Waals surface area contributed by atoms with Gasteiger partial charge in [0.2, 0.25) is 0 Å². The Balaban J connectivity index is 1.99. The summed E-state index contributed by atoms with van der Waals surface area (Å²) in [5.41, 5.74) is 2.19. The highest BCUT2D eigenvalue weighted by Crippen LogP contribution is 2.29. The number of imidazole rings is 1. The number of pyridine rings is 1. The number of aromatic nitrogens is 3. The van der Waals surface area contributed by atoms with Gasteiger partial charge in [-0.05, 0) is 62.2 Å². The second kappa shape index (κ2) is 8.12. The zero-order chi connectivity index (χ0) is 19.6. The molecule has 1 atom stereocenters. The first kappa shape index (κ1) is 19.4. The highest BCUT2D eigenvalue weighted by molar-refractivity contribution is 7.97. The summed E-state index contributed by atoms with van der Waals surface area (Å²) in [5.74, 6) is 1.32. The standard InChI is InChI=1S/C19H20ClN5OS/c1-12(17-9-8-16(27-21)10-22-17)24(3)19-18(11-26)25(13(2)23-19)15-6-4-14(20)5-7-15/h4-12H,21H2,1-3H3. The van der Waals surface area contributed by atoms with Gasteiger partial charge < -0.3 is 4.90 Å². The molecule has 0 aliphatic heterocycles. The molecule has 2 N–H and O–H groups in total. The van der Waals surface area contributed by atoms with Crippen LogP contribution in [0.5, 0.6) is 0 Å². The second-order valence-electron chi connectivity index (χ2n) is 6.12. The summed E-state index contributed by atoms with van der Waals surface area (Å²) in [5, 5.41) is 6.19. The first-order valence-electron chi connectivity index (χ1n) is 8.32. The predicted octanol–water partition coefficient (Wildman–Crippen LogP) is 4.20. The van der Waals surface area contributed by atoms with E-state index in [2.05, 4.69) is 9.97 Å². The summed E-state index contributed by atoms with van der Waals surface area (Å²) in [6, 6.07) is 11.1. The molecule has 0 aliphatic rings. The lowest BCUT2D eigenvalue weighted by atomic mass is 10.2. The summed E-state index contributed by atoms with van der Waals surface area (Å²) in [6.45, 7) is 3.89. The van der Waals surface area contributed by atoms with Crippen molar-refractivity contribution in [2.75, 3.05) is 11.9 Å². The van der Waals surface area contributed by atoms with Gasteiger partial charge in [-0.1, -0.05) is 11.6 Å². The van der Waals surface area contributed by atoms with E-state index in [4.69, 9.17) is 16.7 Å². The Morgan fingerprint density at radius 3 is 2.52 bits per heavy atom. The fraction of sp³-hybridized carbons (Fsp3) is 0.211. The van der Waals surface area contributed by atoms with E-state index in [0.29, 0.717) is 16.5 Å².